The summed E-state index contributed by atoms with van der Waals surface area (Å²) in [5.41, 5.74) is 0.0487. The quantitative estimate of drug-likeness (QED) is 0.280. The lowest BCUT2D eigenvalue weighted by atomic mass is 10.1. The molecule has 0 saturated heterocycles. The predicted molar refractivity (Wildman–Crippen MR) is 111 cm³/mol. The molecule has 8 nitrogen and oxygen atoms in total. The van der Waals surface area contributed by atoms with E-state index < -0.39 is 21.6 Å². The Morgan fingerprint density at radius 2 is 1.91 bits per heavy atom. The number of aryl methyl sites for hydroxylation is 1. The fourth-order valence-corrected chi connectivity index (χ4v) is 4.36. The first-order chi connectivity index (χ1) is 15.0. The van der Waals surface area contributed by atoms with Crippen LogP contribution in [0.5, 0.6) is 0 Å². The van der Waals surface area contributed by atoms with Crippen LogP contribution >= 0.6 is 0 Å². The number of imidazole rings is 1. The van der Waals surface area contributed by atoms with Crippen LogP contribution in [0.25, 0.3) is 33.6 Å². The van der Waals surface area contributed by atoms with Gasteiger partial charge in [0.15, 0.2) is 21.3 Å². The zero-order valence-electron chi connectivity index (χ0n) is 16.8. The minimum Gasteiger partial charge on any atom is -0.411 e. The zero-order chi connectivity index (χ0) is 23.3. The second kappa shape index (κ2) is 7.55. The van der Waals surface area contributed by atoms with Crippen molar-refractivity contribution in [2.75, 3.05) is 5.75 Å². The molecule has 12 heteroatoms. The fraction of sp³-hybridized carbons (Fsp3) is 0.200. The van der Waals surface area contributed by atoms with Gasteiger partial charge in [-0.15, -0.1) is 0 Å². The van der Waals surface area contributed by atoms with E-state index in [1.165, 1.54) is 30.8 Å². The minimum atomic E-state index is -4.60. The number of oxime groups is 1. The van der Waals surface area contributed by atoms with Crippen LogP contribution in [0.3, 0.4) is 0 Å². The molecule has 0 saturated carbocycles. The molecule has 32 heavy (non-hydrogen) atoms. The number of alkyl halides is 3. The van der Waals surface area contributed by atoms with E-state index in [-0.39, 0.29) is 33.3 Å². The van der Waals surface area contributed by atoms with Gasteiger partial charge in [-0.25, -0.2) is 23.4 Å². The summed E-state index contributed by atoms with van der Waals surface area (Å²) in [6, 6.07) is 7.15. The standard InChI is InChI=1S/C20H16F3N5O3S/c1-3-32(30,31)16-7-12-5-4-11(9-25-29)6-14(12)26-17(16)19-27-15-8-13(20(21,22)23)10-24-18(15)28(19)2/h4-10,29H,3H2,1-2H3. The van der Waals surface area contributed by atoms with Crippen molar-refractivity contribution in [2.24, 2.45) is 12.2 Å². The van der Waals surface area contributed by atoms with E-state index in [0.717, 1.165) is 6.07 Å². The molecule has 0 atom stereocenters. The molecule has 1 aromatic carbocycles. The molecule has 4 aromatic rings. The van der Waals surface area contributed by atoms with E-state index in [1.54, 1.807) is 18.2 Å². The number of sulfone groups is 1. The maximum absolute atomic E-state index is 13.1. The molecule has 0 aliphatic carbocycles. The van der Waals surface area contributed by atoms with Crippen LogP contribution in [0.4, 0.5) is 13.2 Å². The molecule has 4 rings (SSSR count). The van der Waals surface area contributed by atoms with Crippen LogP contribution in [-0.2, 0) is 23.1 Å². The second-order valence-corrected chi connectivity index (χ2v) is 9.24. The van der Waals surface area contributed by atoms with E-state index in [2.05, 4.69) is 20.1 Å². The van der Waals surface area contributed by atoms with E-state index >= 15 is 0 Å². The van der Waals surface area contributed by atoms with Crippen molar-refractivity contribution >= 4 is 38.1 Å². The zero-order valence-corrected chi connectivity index (χ0v) is 17.6. The number of fused-ring (bicyclic) bond motifs is 2. The molecule has 3 aromatic heterocycles. The normalized spacial score (nSPS) is 12.9. The monoisotopic (exact) mass is 463 g/mol. The summed E-state index contributed by atoms with van der Waals surface area (Å²) < 4.78 is 66.3. The Morgan fingerprint density at radius 1 is 1.16 bits per heavy atom. The van der Waals surface area contributed by atoms with Gasteiger partial charge in [-0.3, -0.25) is 0 Å². The van der Waals surface area contributed by atoms with Crippen molar-refractivity contribution in [2.45, 2.75) is 18.0 Å². The lowest BCUT2D eigenvalue weighted by Gasteiger charge is -2.11. The highest BCUT2D eigenvalue weighted by Crippen LogP contribution is 2.34. The molecule has 0 spiro atoms. The minimum absolute atomic E-state index is 0.00787. The fourth-order valence-electron chi connectivity index (χ4n) is 3.31. The van der Waals surface area contributed by atoms with Crippen molar-refractivity contribution in [3.05, 3.63) is 47.7 Å². The Morgan fingerprint density at radius 3 is 2.56 bits per heavy atom. The lowest BCUT2D eigenvalue weighted by molar-refractivity contribution is -0.137. The first kappa shape index (κ1) is 21.7. The number of rotatable bonds is 4. The predicted octanol–water partition coefficient (Wildman–Crippen LogP) is 3.80. The van der Waals surface area contributed by atoms with Gasteiger partial charge in [-0.1, -0.05) is 24.2 Å². The Balaban J connectivity index is 2.04. The Labute approximate surface area is 180 Å². The molecular weight excluding hydrogens is 447 g/mol. The summed E-state index contributed by atoms with van der Waals surface area (Å²) in [5.74, 6) is -0.148. The first-order valence-electron chi connectivity index (χ1n) is 9.30. The Kier molecular flexibility index (Phi) is 5.12. The number of pyridine rings is 2. The molecule has 166 valence electrons. The summed E-state index contributed by atoms with van der Waals surface area (Å²) in [5, 5.41) is 12.3. The van der Waals surface area contributed by atoms with Crippen LogP contribution in [0.1, 0.15) is 18.1 Å². The summed E-state index contributed by atoms with van der Waals surface area (Å²) >= 11 is 0. The third-order valence-electron chi connectivity index (χ3n) is 4.98. The highest BCUT2D eigenvalue weighted by molar-refractivity contribution is 7.91. The van der Waals surface area contributed by atoms with E-state index in [1.807, 2.05) is 0 Å². The molecule has 0 bridgehead atoms. The van der Waals surface area contributed by atoms with E-state index in [4.69, 9.17) is 5.21 Å². The molecule has 0 aliphatic heterocycles. The summed E-state index contributed by atoms with van der Waals surface area (Å²) in [6.07, 6.45) is -2.71. The number of nitrogens with zero attached hydrogens (tertiary/aromatic N) is 5. The van der Waals surface area contributed by atoms with Crippen molar-refractivity contribution in [3.8, 4) is 11.5 Å². The number of hydrogen-bond donors (Lipinski definition) is 1. The molecule has 3 heterocycles. The SMILES string of the molecule is CCS(=O)(=O)c1cc2ccc(C=NO)cc2nc1-c1nc2cc(C(F)(F)F)cnc2n1C. The summed E-state index contributed by atoms with van der Waals surface area (Å²) in [4.78, 5) is 12.5. The van der Waals surface area contributed by atoms with Gasteiger partial charge >= 0.3 is 6.18 Å². The van der Waals surface area contributed by atoms with Gasteiger partial charge in [0, 0.05) is 18.6 Å². The van der Waals surface area contributed by atoms with Gasteiger partial charge in [0.05, 0.1) is 27.9 Å². The van der Waals surface area contributed by atoms with Crippen LogP contribution < -0.4 is 0 Å². The Hall–Kier alpha value is -3.54. The smallest absolute Gasteiger partial charge is 0.411 e. The molecule has 0 amide bonds. The lowest BCUT2D eigenvalue weighted by Crippen LogP contribution is -2.09. The first-order valence-corrected chi connectivity index (χ1v) is 11.0. The van der Waals surface area contributed by atoms with Crippen LogP contribution in [0, 0.1) is 0 Å². The van der Waals surface area contributed by atoms with Gasteiger partial charge in [-0.05, 0) is 23.8 Å². The molecule has 0 aliphatic rings. The number of hydrogen-bond acceptors (Lipinski definition) is 7. The average Bonchev–Trinajstić information content (AvgIpc) is 3.08. The van der Waals surface area contributed by atoms with E-state index in [9.17, 15) is 21.6 Å². The largest absolute Gasteiger partial charge is 0.417 e. The van der Waals surface area contributed by atoms with Gasteiger partial charge in [0.1, 0.15) is 11.2 Å². The maximum Gasteiger partial charge on any atom is 0.417 e. The highest BCUT2D eigenvalue weighted by atomic mass is 32.2. The van der Waals surface area contributed by atoms with Gasteiger partial charge in [0.25, 0.3) is 0 Å². The second-order valence-electron chi connectivity index (χ2n) is 6.99. The summed E-state index contributed by atoms with van der Waals surface area (Å²) in [6.45, 7) is 1.48. The third kappa shape index (κ3) is 3.66. The third-order valence-corrected chi connectivity index (χ3v) is 6.72. The Bertz CT molecular complexity index is 1490. The summed E-state index contributed by atoms with van der Waals surface area (Å²) in [7, 11) is -2.24. The topological polar surface area (TPSA) is 110 Å². The van der Waals surface area contributed by atoms with Gasteiger partial charge in [-0.2, -0.15) is 13.2 Å². The van der Waals surface area contributed by atoms with Crippen LogP contribution in [-0.4, -0.2) is 45.1 Å². The van der Waals surface area contributed by atoms with Crippen molar-refractivity contribution in [1.29, 1.82) is 0 Å². The molecule has 0 unspecified atom stereocenters. The molecule has 0 fully saturated rings. The molecule has 1 N–H and O–H groups in total. The van der Waals surface area contributed by atoms with Gasteiger partial charge in [0.2, 0.25) is 0 Å². The maximum atomic E-state index is 13.1. The van der Waals surface area contributed by atoms with Gasteiger partial charge < -0.3 is 9.77 Å². The van der Waals surface area contributed by atoms with Crippen molar-refractivity contribution in [1.82, 2.24) is 19.5 Å². The number of benzene rings is 1. The van der Waals surface area contributed by atoms with Crippen LogP contribution in [0.2, 0.25) is 0 Å². The van der Waals surface area contributed by atoms with Crippen molar-refractivity contribution < 1.29 is 26.8 Å². The average molecular weight is 463 g/mol. The molecule has 0 radical (unpaired) electrons. The number of aromatic nitrogens is 4. The van der Waals surface area contributed by atoms with E-state index in [0.29, 0.717) is 22.7 Å². The van der Waals surface area contributed by atoms with Crippen LogP contribution in [0.15, 0.2) is 46.6 Å². The molecular formula is C20H16F3N5O3S. The number of halogens is 3. The highest BCUT2D eigenvalue weighted by Gasteiger charge is 2.32. The van der Waals surface area contributed by atoms with Crippen molar-refractivity contribution in [3.63, 3.8) is 0 Å².